The van der Waals surface area contributed by atoms with Gasteiger partial charge >= 0.3 is 5.97 Å². The van der Waals surface area contributed by atoms with Crippen molar-refractivity contribution < 1.29 is 23.1 Å². The molecule has 1 aliphatic rings. The Hall–Kier alpha value is -1.42. The van der Waals surface area contributed by atoms with Gasteiger partial charge in [0.1, 0.15) is 0 Å². The van der Waals surface area contributed by atoms with E-state index in [-0.39, 0.29) is 43.2 Å². The molecule has 0 aliphatic carbocycles. The second-order valence-electron chi connectivity index (χ2n) is 6.21. The summed E-state index contributed by atoms with van der Waals surface area (Å²) in [6.07, 6.45) is 4.22. The smallest absolute Gasteiger partial charge is 0.317 e. The maximum atomic E-state index is 12.5. The average Bonchev–Trinajstić information content (AvgIpc) is 2.60. The topological polar surface area (TPSA) is 98.2 Å². The number of carbonyl (C=O) groups excluding carboxylic acids is 1. The van der Waals surface area contributed by atoms with Crippen LogP contribution in [0.25, 0.3) is 0 Å². The van der Waals surface area contributed by atoms with E-state index in [4.69, 9.17) is 0 Å². The van der Waals surface area contributed by atoms with Crippen molar-refractivity contribution in [2.45, 2.75) is 25.8 Å². The van der Waals surface area contributed by atoms with Gasteiger partial charge < -0.3 is 10.0 Å². The molecule has 10 heteroatoms. The zero-order valence-corrected chi connectivity index (χ0v) is 17.4. The van der Waals surface area contributed by atoms with Gasteiger partial charge in [-0.25, -0.2) is 12.7 Å². The highest BCUT2D eigenvalue weighted by atomic mass is 35.5. The summed E-state index contributed by atoms with van der Waals surface area (Å²) in [7, 11) is -3.24. The molecule has 1 N–H and O–H groups in total. The summed E-state index contributed by atoms with van der Waals surface area (Å²) >= 11 is 0. The molecule has 0 aromatic carbocycles. The number of piperidine rings is 1. The molecule has 156 valence electrons. The summed E-state index contributed by atoms with van der Waals surface area (Å²) in [6.45, 7) is 9.97. The molecular weight excluding hydrogens is 394 g/mol. The lowest BCUT2D eigenvalue weighted by atomic mass is 10.0. The number of carbonyl (C=O) groups is 2. The van der Waals surface area contributed by atoms with Gasteiger partial charge in [0.15, 0.2) is 0 Å². The van der Waals surface area contributed by atoms with Gasteiger partial charge in [-0.15, -0.1) is 25.6 Å². The summed E-state index contributed by atoms with van der Waals surface area (Å²) < 4.78 is 25.4. The Morgan fingerprint density at radius 2 is 1.67 bits per heavy atom. The Morgan fingerprint density at radius 3 is 2.07 bits per heavy atom. The fraction of sp³-hybridized carbons (Fsp3) is 0.647. The van der Waals surface area contributed by atoms with Gasteiger partial charge in [0, 0.05) is 32.2 Å². The van der Waals surface area contributed by atoms with E-state index in [1.807, 2.05) is 0 Å². The number of hydrogen-bond acceptors (Lipinski definition) is 5. The number of sulfonamides is 1. The molecule has 1 aliphatic heterocycles. The molecule has 1 heterocycles. The SMILES string of the molecule is C=CCN(CC=C)C(=O)CN(CC(=O)O)C1CCN(S(=O)(=O)CC)CC1.Cl. The third-order valence-electron chi connectivity index (χ3n) is 4.43. The van der Waals surface area contributed by atoms with Crippen LogP contribution in [-0.2, 0) is 19.6 Å². The average molecular weight is 424 g/mol. The van der Waals surface area contributed by atoms with Gasteiger partial charge in [0.25, 0.3) is 0 Å². The molecule has 0 radical (unpaired) electrons. The van der Waals surface area contributed by atoms with Gasteiger partial charge in [-0.1, -0.05) is 12.2 Å². The van der Waals surface area contributed by atoms with Crippen molar-refractivity contribution in [2.75, 3.05) is 45.0 Å². The van der Waals surface area contributed by atoms with Gasteiger partial charge in [0.2, 0.25) is 15.9 Å². The van der Waals surface area contributed by atoms with Crippen LogP contribution in [0.1, 0.15) is 19.8 Å². The highest BCUT2D eigenvalue weighted by Gasteiger charge is 2.31. The van der Waals surface area contributed by atoms with Crippen LogP contribution in [0, 0.1) is 0 Å². The molecule has 0 spiro atoms. The van der Waals surface area contributed by atoms with Crippen molar-refractivity contribution in [1.29, 1.82) is 0 Å². The first kappa shape index (κ1) is 25.6. The van der Waals surface area contributed by atoms with Crippen LogP contribution in [0.2, 0.25) is 0 Å². The highest BCUT2D eigenvalue weighted by molar-refractivity contribution is 7.89. The minimum atomic E-state index is -3.24. The number of hydrogen-bond donors (Lipinski definition) is 1. The van der Waals surface area contributed by atoms with Crippen LogP contribution in [0.5, 0.6) is 0 Å². The summed E-state index contributed by atoms with van der Waals surface area (Å²) in [5.74, 6) is -1.16. The quantitative estimate of drug-likeness (QED) is 0.494. The maximum absolute atomic E-state index is 12.5. The molecule has 0 aromatic heterocycles. The number of halogens is 1. The second kappa shape index (κ2) is 12.1. The van der Waals surface area contributed by atoms with Crippen LogP contribution in [0.15, 0.2) is 25.3 Å². The molecular formula is C17H30ClN3O5S. The highest BCUT2D eigenvalue weighted by Crippen LogP contribution is 2.19. The van der Waals surface area contributed by atoms with Gasteiger partial charge in [-0.05, 0) is 19.8 Å². The standard InChI is InChI=1S/C17H29N3O5S.ClH/c1-4-9-18(10-5-2)16(21)13-19(14-17(22)23)15-7-11-20(12-8-15)26(24,25)6-3;/h4-5,15H,1-2,6-14H2,3H3,(H,22,23);1H. The number of carboxylic acids is 1. The fourth-order valence-electron chi connectivity index (χ4n) is 3.02. The van der Waals surface area contributed by atoms with Crippen molar-refractivity contribution in [3.63, 3.8) is 0 Å². The third-order valence-corrected chi connectivity index (χ3v) is 6.31. The normalized spacial score (nSPS) is 15.8. The lowest BCUT2D eigenvalue weighted by Crippen LogP contribution is -2.51. The summed E-state index contributed by atoms with van der Waals surface area (Å²) in [5.41, 5.74) is 0. The minimum Gasteiger partial charge on any atom is -0.480 e. The van der Waals surface area contributed by atoms with E-state index < -0.39 is 16.0 Å². The maximum Gasteiger partial charge on any atom is 0.317 e. The Morgan fingerprint density at radius 1 is 1.15 bits per heavy atom. The first-order chi connectivity index (χ1) is 12.2. The van der Waals surface area contributed by atoms with Gasteiger partial charge in [0.05, 0.1) is 18.8 Å². The van der Waals surface area contributed by atoms with E-state index >= 15 is 0 Å². The van der Waals surface area contributed by atoms with Gasteiger partial charge in [-0.2, -0.15) is 0 Å². The Kier molecular flexibility index (Phi) is 11.5. The predicted octanol–water partition coefficient (Wildman–Crippen LogP) is 0.810. The Balaban J connectivity index is 0.00000676. The van der Waals surface area contributed by atoms with Crippen LogP contribution >= 0.6 is 12.4 Å². The molecule has 0 unspecified atom stereocenters. The third kappa shape index (κ3) is 8.00. The van der Waals surface area contributed by atoms with E-state index in [9.17, 15) is 23.1 Å². The molecule has 27 heavy (non-hydrogen) atoms. The van der Waals surface area contributed by atoms with E-state index in [1.54, 1.807) is 28.9 Å². The van der Waals surface area contributed by atoms with E-state index in [1.165, 1.54) is 4.31 Å². The van der Waals surface area contributed by atoms with Crippen LogP contribution in [0.4, 0.5) is 0 Å². The Labute approximate surface area is 168 Å². The number of aliphatic carboxylic acids is 1. The molecule has 8 nitrogen and oxygen atoms in total. The first-order valence-corrected chi connectivity index (χ1v) is 10.3. The first-order valence-electron chi connectivity index (χ1n) is 8.68. The molecule has 1 fully saturated rings. The number of rotatable bonds is 11. The molecule has 1 rings (SSSR count). The van der Waals surface area contributed by atoms with E-state index in [0.29, 0.717) is 39.0 Å². The van der Waals surface area contributed by atoms with E-state index in [2.05, 4.69) is 13.2 Å². The van der Waals surface area contributed by atoms with Crippen molar-refractivity contribution in [3.8, 4) is 0 Å². The van der Waals surface area contributed by atoms with Crippen molar-refractivity contribution >= 4 is 34.3 Å². The summed E-state index contributed by atoms with van der Waals surface area (Å²) in [4.78, 5) is 26.9. The van der Waals surface area contributed by atoms with E-state index in [0.717, 1.165) is 0 Å². The van der Waals surface area contributed by atoms with Crippen molar-refractivity contribution in [2.24, 2.45) is 0 Å². The minimum absolute atomic E-state index is 0. The molecule has 1 saturated heterocycles. The van der Waals surface area contributed by atoms with Crippen LogP contribution < -0.4 is 0 Å². The number of carboxylic acid groups (broad SMARTS) is 1. The van der Waals surface area contributed by atoms with Crippen molar-refractivity contribution in [3.05, 3.63) is 25.3 Å². The lowest BCUT2D eigenvalue weighted by Gasteiger charge is -2.37. The van der Waals surface area contributed by atoms with Gasteiger partial charge in [-0.3, -0.25) is 14.5 Å². The van der Waals surface area contributed by atoms with Crippen LogP contribution in [-0.4, -0.2) is 90.6 Å². The molecule has 1 amide bonds. The second-order valence-corrected chi connectivity index (χ2v) is 8.46. The predicted molar refractivity (Wildman–Crippen MR) is 107 cm³/mol. The zero-order chi connectivity index (χ0) is 19.7. The molecule has 0 aromatic rings. The fourth-order valence-corrected chi connectivity index (χ4v) is 4.15. The number of nitrogens with zero attached hydrogens (tertiary/aromatic N) is 3. The molecule has 0 atom stereocenters. The lowest BCUT2D eigenvalue weighted by molar-refractivity contribution is -0.140. The van der Waals surface area contributed by atoms with Crippen molar-refractivity contribution in [1.82, 2.24) is 14.1 Å². The zero-order valence-electron chi connectivity index (χ0n) is 15.7. The largest absolute Gasteiger partial charge is 0.480 e. The number of amides is 1. The Bertz CT molecular complexity index is 608. The van der Waals surface area contributed by atoms with Crippen LogP contribution in [0.3, 0.4) is 0 Å². The monoisotopic (exact) mass is 423 g/mol. The molecule has 0 saturated carbocycles. The summed E-state index contributed by atoms with van der Waals surface area (Å²) in [5, 5.41) is 9.19. The molecule has 0 bridgehead atoms. The summed E-state index contributed by atoms with van der Waals surface area (Å²) in [6, 6.07) is -0.146.